The number of aliphatic hydroxyl groups excluding tert-OH is 1. The summed E-state index contributed by atoms with van der Waals surface area (Å²) >= 11 is 0. The van der Waals surface area contributed by atoms with E-state index in [1.165, 1.54) is 12.8 Å². The first-order valence-corrected chi connectivity index (χ1v) is 15.9. The van der Waals surface area contributed by atoms with Crippen molar-refractivity contribution in [2.24, 2.45) is 5.41 Å². The molecule has 4 aliphatic rings. The fraction of sp³-hybridized carbons (Fsp3) is 0.552. The number of carbonyl (C=O) groups excluding carboxylic acids is 1. The zero-order valence-electron chi connectivity index (χ0n) is 22.9. The van der Waals surface area contributed by atoms with E-state index in [0.717, 1.165) is 68.1 Å². The van der Waals surface area contributed by atoms with Gasteiger partial charge in [0.1, 0.15) is 5.75 Å². The average molecular weight is 571 g/mol. The summed E-state index contributed by atoms with van der Waals surface area (Å²) in [6, 6.07) is 9.02. The van der Waals surface area contributed by atoms with Gasteiger partial charge in [-0.25, -0.2) is 8.42 Å². The first kappa shape index (κ1) is 27.2. The van der Waals surface area contributed by atoms with Gasteiger partial charge in [0.05, 0.1) is 54.4 Å². The van der Waals surface area contributed by atoms with Crippen LogP contribution >= 0.6 is 0 Å². The molecule has 2 aromatic rings. The van der Waals surface area contributed by atoms with E-state index in [2.05, 4.69) is 19.8 Å². The number of nitrogens with one attached hydrogen (secondary N) is 2. The molecule has 0 bridgehead atoms. The van der Waals surface area contributed by atoms with Gasteiger partial charge in [0.25, 0.3) is 5.91 Å². The van der Waals surface area contributed by atoms with Crippen LogP contribution in [-0.2, 0) is 21.2 Å². The highest BCUT2D eigenvalue weighted by Crippen LogP contribution is 2.54. The average Bonchev–Trinajstić information content (AvgIpc) is 3.50. The zero-order valence-corrected chi connectivity index (χ0v) is 23.8. The van der Waals surface area contributed by atoms with E-state index >= 15 is 0 Å². The second-order valence-corrected chi connectivity index (χ2v) is 13.4. The molecular weight excluding hydrogens is 532 g/mol. The van der Waals surface area contributed by atoms with Crippen LogP contribution in [0.3, 0.4) is 0 Å². The molecule has 0 unspecified atom stereocenters. The number of ether oxygens (including phenoxy) is 2. The minimum Gasteiger partial charge on any atom is -0.491 e. The molecule has 3 fully saturated rings. The number of sulfonamides is 1. The Bertz CT molecular complexity index is 1380. The highest BCUT2D eigenvalue weighted by Gasteiger charge is 2.44. The van der Waals surface area contributed by atoms with Gasteiger partial charge in [-0.15, -0.1) is 0 Å². The number of aliphatic hydroxyl groups is 1. The molecule has 1 amide bonds. The first-order valence-electron chi connectivity index (χ1n) is 14.2. The fourth-order valence-corrected chi connectivity index (χ4v) is 6.93. The number of amides is 1. The molecule has 0 radical (unpaired) electrons. The number of carbonyl (C=O) groups is 1. The van der Waals surface area contributed by atoms with Crippen molar-refractivity contribution in [3.05, 3.63) is 41.5 Å². The fourth-order valence-electron chi connectivity index (χ4n) is 6.10. The number of nitrogens with zero attached hydrogens (tertiary/aromatic N) is 2. The third-order valence-electron chi connectivity index (χ3n) is 8.61. The molecule has 6 rings (SSSR count). The predicted molar refractivity (Wildman–Crippen MR) is 155 cm³/mol. The molecule has 0 aromatic heterocycles. The first-order chi connectivity index (χ1) is 19.2. The summed E-state index contributed by atoms with van der Waals surface area (Å²) in [6.45, 7) is 5.99. The van der Waals surface area contributed by atoms with Gasteiger partial charge in [-0.3, -0.25) is 9.52 Å². The van der Waals surface area contributed by atoms with Gasteiger partial charge in [-0.1, -0.05) is 0 Å². The van der Waals surface area contributed by atoms with E-state index in [0.29, 0.717) is 35.6 Å². The largest absolute Gasteiger partial charge is 0.491 e. The summed E-state index contributed by atoms with van der Waals surface area (Å²) in [5.41, 5.74) is 4.83. The Labute approximate surface area is 235 Å². The number of anilines is 4. The van der Waals surface area contributed by atoms with E-state index in [9.17, 15) is 13.2 Å². The van der Waals surface area contributed by atoms with Crippen LogP contribution in [0.15, 0.2) is 30.3 Å². The van der Waals surface area contributed by atoms with Crippen molar-refractivity contribution in [2.45, 2.75) is 45.1 Å². The Morgan fingerprint density at radius 1 is 1.05 bits per heavy atom. The predicted octanol–water partition coefficient (Wildman–Crippen LogP) is 3.21. The lowest BCUT2D eigenvalue weighted by Crippen LogP contribution is -2.41. The van der Waals surface area contributed by atoms with Crippen molar-refractivity contribution in [2.75, 3.05) is 71.6 Å². The smallest absolute Gasteiger partial charge is 0.255 e. The lowest BCUT2D eigenvalue weighted by atomic mass is 9.93. The van der Waals surface area contributed by atoms with Gasteiger partial charge >= 0.3 is 0 Å². The van der Waals surface area contributed by atoms with Gasteiger partial charge in [-0.05, 0) is 68.4 Å². The second kappa shape index (κ2) is 10.8. The normalized spacial score (nSPS) is 21.6. The van der Waals surface area contributed by atoms with Crippen molar-refractivity contribution in [3.63, 3.8) is 0 Å². The molecule has 10 nitrogen and oxygen atoms in total. The molecule has 1 saturated carbocycles. The summed E-state index contributed by atoms with van der Waals surface area (Å²) in [7, 11) is -3.68. The highest BCUT2D eigenvalue weighted by atomic mass is 32.2. The van der Waals surface area contributed by atoms with E-state index in [-0.39, 0.29) is 17.8 Å². The van der Waals surface area contributed by atoms with E-state index in [4.69, 9.17) is 14.6 Å². The maximum absolute atomic E-state index is 13.7. The maximum atomic E-state index is 13.7. The van der Waals surface area contributed by atoms with Crippen molar-refractivity contribution >= 4 is 38.7 Å². The monoisotopic (exact) mass is 570 g/mol. The van der Waals surface area contributed by atoms with E-state index < -0.39 is 16.6 Å². The van der Waals surface area contributed by atoms with Gasteiger partial charge < -0.3 is 29.7 Å². The minimum atomic E-state index is -3.68. The van der Waals surface area contributed by atoms with Gasteiger partial charge in [-0.2, -0.15) is 0 Å². The van der Waals surface area contributed by atoms with Gasteiger partial charge in [0.2, 0.25) is 10.0 Å². The number of rotatable bonds is 8. The lowest BCUT2D eigenvalue weighted by Gasteiger charge is -2.35. The van der Waals surface area contributed by atoms with Crippen LogP contribution in [0.25, 0.3) is 0 Å². The standard InChI is InChI=1S/C29H38N4O6S/c1-20-19-33(11-14-38-20)26-17-22(16-21-4-13-39-27(21)26)28(35)30-24-3-2-23(31-40(36,37)15-12-34)18-25(24)32-9-7-29(5-6-29)8-10-32/h2-3,16-18,20,31,34H,4-15,19H2,1H3,(H,30,35)/t20-/m1/s1. The summed E-state index contributed by atoms with van der Waals surface area (Å²) in [6.07, 6.45) is 5.58. The van der Waals surface area contributed by atoms with Crippen LogP contribution < -0.4 is 24.6 Å². The van der Waals surface area contributed by atoms with Crippen molar-refractivity contribution in [3.8, 4) is 5.75 Å². The van der Waals surface area contributed by atoms with Crippen LogP contribution in [0.2, 0.25) is 0 Å². The van der Waals surface area contributed by atoms with Gasteiger partial charge in [0, 0.05) is 43.7 Å². The van der Waals surface area contributed by atoms with Crippen LogP contribution in [-0.4, -0.2) is 77.3 Å². The SMILES string of the molecule is C[C@@H]1CN(c2cc(C(=O)Nc3ccc(NS(=O)(=O)CCO)cc3N3CCC4(CC3)CC4)cc3c2OCC3)CCO1. The Morgan fingerprint density at radius 2 is 1.85 bits per heavy atom. The Morgan fingerprint density at radius 3 is 2.58 bits per heavy atom. The number of piperidine rings is 1. The maximum Gasteiger partial charge on any atom is 0.255 e. The molecular formula is C29H38N4O6S. The van der Waals surface area contributed by atoms with Crippen LogP contribution in [0.1, 0.15) is 48.5 Å². The van der Waals surface area contributed by atoms with Crippen molar-refractivity contribution < 1.29 is 27.8 Å². The topological polar surface area (TPSA) is 120 Å². The molecule has 1 atom stereocenters. The highest BCUT2D eigenvalue weighted by molar-refractivity contribution is 7.92. The Kier molecular flexibility index (Phi) is 7.30. The Hall–Kier alpha value is -3.02. The van der Waals surface area contributed by atoms with Gasteiger partial charge in [0.15, 0.2) is 0 Å². The van der Waals surface area contributed by atoms with Crippen LogP contribution in [0.4, 0.5) is 22.7 Å². The van der Waals surface area contributed by atoms with Crippen LogP contribution in [0, 0.1) is 5.41 Å². The molecule has 3 N–H and O–H groups in total. The molecule has 40 heavy (non-hydrogen) atoms. The number of fused-ring (bicyclic) bond motifs is 1. The number of morpholine rings is 1. The number of hydrogen-bond acceptors (Lipinski definition) is 8. The van der Waals surface area contributed by atoms with E-state index in [1.807, 2.05) is 19.1 Å². The molecule has 216 valence electrons. The number of hydrogen-bond donors (Lipinski definition) is 3. The quantitative estimate of drug-likeness (QED) is 0.443. The molecule has 3 heterocycles. The second-order valence-electron chi connectivity index (χ2n) is 11.5. The zero-order chi connectivity index (χ0) is 27.9. The van der Waals surface area contributed by atoms with Crippen molar-refractivity contribution in [1.82, 2.24) is 0 Å². The van der Waals surface area contributed by atoms with Crippen LogP contribution in [0.5, 0.6) is 5.75 Å². The van der Waals surface area contributed by atoms with Crippen molar-refractivity contribution in [1.29, 1.82) is 0 Å². The minimum absolute atomic E-state index is 0.0958. The molecule has 2 aromatic carbocycles. The third-order valence-corrected chi connectivity index (χ3v) is 9.88. The van der Waals surface area contributed by atoms with E-state index in [1.54, 1.807) is 18.2 Å². The lowest BCUT2D eigenvalue weighted by molar-refractivity contribution is 0.0530. The molecule has 1 aliphatic carbocycles. The Balaban J connectivity index is 1.28. The third kappa shape index (κ3) is 5.73. The number of benzene rings is 2. The molecule has 1 spiro atoms. The summed E-state index contributed by atoms with van der Waals surface area (Å²) < 4.78 is 38.9. The molecule has 2 saturated heterocycles. The molecule has 11 heteroatoms. The summed E-state index contributed by atoms with van der Waals surface area (Å²) in [5.74, 6) is 0.260. The molecule has 3 aliphatic heterocycles. The summed E-state index contributed by atoms with van der Waals surface area (Å²) in [5, 5.41) is 12.3. The summed E-state index contributed by atoms with van der Waals surface area (Å²) in [4.78, 5) is 18.2.